The van der Waals surface area contributed by atoms with Crippen molar-refractivity contribution in [3.8, 4) is 0 Å². The van der Waals surface area contributed by atoms with Crippen LogP contribution >= 0.6 is 39.1 Å². The summed E-state index contributed by atoms with van der Waals surface area (Å²) in [5.41, 5.74) is 1.01. The van der Waals surface area contributed by atoms with Crippen LogP contribution in [0.4, 0.5) is 11.4 Å². The molecule has 0 bridgehead atoms. The van der Waals surface area contributed by atoms with Gasteiger partial charge in [0, 0.05) is 28.4 Å². The van der Waals surface area contributed by atoms with Gasteiger partial charge in [0.2, 0.25) is 5.78 Å². The number of nitrogens with zero attached hydrogens (tertiary/aromatic N) is 1. The second-order valence-corrected chi connectivity index (χ2v) is 10.3. The number of nitrogens with one attached hydrogen (secondary N) is 1. The highest BCUT2D eigenvalue weighted by Crippen LogP contribution is 2.33. The minimum atomic E-state index is -1.37. The monoisotopic (exact) mass is 640 g/mol. The number of anilines is 1. The molecule has 4 aromatic carbocycles. The molecular weight excluding hydrogens is 623 g/mol. The molecule has 0 saturated heterocycles. The number of hydrogen-bond donors (Lipinski definition) is 1. The molecule has 202 valence electrons. The van der Waals surface area contributed by atoms with Crippen molar-refractivity contribution in [2.24, 2.45) is 0 Å². The Morgan fingerprint density at radius 3 is 2.25 bits per heavy atom. The number of rotatable bonds is 9. The van der Waals surface area contributed by atoms with Crippen molar-refractivity contribution in [3.05, 3.63) is 139 Å². The number of nitro benzene ring substituents is 1. The third kappa shape index (κ3) is 6.93. The molecule has 8 nitrogen and oxygen atoms in total. The van der Waals surface area contributed by atoms with Gasteiger partial charge in [-0.05, 0) is 42.0 Å². The molecule has 2 atom stereocenters. The van der Waals surface area contributed by atoms with Gasteiger partial charge in [0.25, 0.3) is 11.6 Å². The SMILES string of the molecule is O=C(O[C@H](C(=O)c1ccccc1)[C@@H](Br)c1cccc([N+](=O)[O-])c1)c1cccc(NC(=O)c2ccc(Cl)cc2Cl)c1. The lowest BCUT2D eigenvalue weighted by atomic mass is 9.99. The summed E-state index contributed by atoms with van der Waals surface area (Å²) in [7, 11) is 0. The fraction of sp³-hybridized carbons (Fsp3) is 0.0690. The quantitative estimate of drug-likeness (QED) is 0.0658. The fourth-order valence-electron chi connectivity index (χ4n) is 3.78. The van der Waals surface area contributed by atoms with Crippen molar-refractivity contribution in [2.75, 3.05) is 5.32 Å². The molecule has 0 heterocycles. The van der Waals surface area contributed by atoms with Crippen LogP contribution in [0.1, 0.15) is 41.5 Å². The van der Waals surface area contributed by atoms with Crippen LogP contribution < -0.4 is 5.32 Å². The molecule has 0 saturated carbocycles. The molecule has 0 unspecified atom stereocenters. The van der Waals surface area contributed by atoms with E-state index in [0.717, 1.165) is 0 Å². The van der Waals surface area contributed by atoms with Crippen molar-refractivity contribution in [1.29, 1.82) is 0 Å². The zero-order valence-corrected chi connectivity index (χ0v) is 23.5. The number of benzene rings is 4. The van der Waals surface area contributed by atoms with Gasteiger partial charge in [-0.15, -0.1) is 0 Å². The van der Waals surface area contributed by atoms with Crippen LogP contribution in [0.2, 0.25) is 10.0 Å². The molecule has 0 spiro atoms. The Hall–Kier alpha value is -4.05. The first kappa shape index (κ1) is 28.9. The molecule has 0 fully saturated rings. The number of ether oxygens (including phenoxy) is 1. The zero-order valence-electron chi connectivity index (χ0n) is 20.4. The Morgan fingerprint density at radius 2 is 1.55 bits per heavy atom. The van der Waals surface area contributed by atoms with Gasteiger partial charge in [-0.1, -0.05) is 87.7 Å². The van der Waals surface area contributed by atoms with Crippen LogP contribution in [0.5, 0.6) is 0 Å². The third-order valence-corrected chi connectivity index (χ3v) is 7.30. The van der Waals surface area contributed by atoms with E-state index in [1.54, 1.807) is 42.5 Å². The molecule has 0 aliphatic rings. The zero-order chi connectivity index (χ0) is 28.8. The van der Waals surface area contributed by atoms with Crippen molar-refractivity contribution >= 4 is 68.2 Å². The van der Waals surface area contributed by atoms with E-state index in [1.807, 2.05) is 0 Å². The third-order valence-electron chi connectivity index (χ3n) is 5.75. The molecule has 40 heavy (non-hydrogen) atoms. The Balaban J connectivity index is 1.60. The van der Waals surface area contributed by atoms with Gasteiger partial charge in [-0.3, -0.25) is 19.7 Å². The topological polar surface area (TPSA) is 116 Å². The predicted molar refractivity (Wildman–Crippen MR) is 156 cm³/mol. The van der Waals surface area contributed by atoms with E-state index in [0.29, 0.717) is 10.6 Å². The standard InChI is InChI=1S/C29H19BrCl2N2O6/c30-25(18-8-5-11-22(15-18)34(38)39)27(26(35)17-6-2-1-3-7-17)40-29(37)19-9-4-10-21(14-19)33-28(36)23-13-12-20(31)16-24(23)32/h1-16,25,27H,(H,33,36)/t25-,27-/m0/s1. The average Bonchev–Trinajstić information content (AvgIpc) is 2.95. The number of Topliss-reactive ketones (excluding diaryl/α,β-unsaturated/α-hetero) is 1. The van der Waals surface area contributed by atoms with Crippen LogP contribution in [0.3, 0.4) is 0 Å². The number of amides is 1. The van der Waals surface area contributed by atoms with Gasteiger partial charge in [-0.25, -0.2) is 4.79 Å². The minimum absolute atomic E-state index is 0.0598. The number of hydrogen-bond acceptors (Lipinski definition) is 6. The molecule has 0 aliphatic carbocycles. The fourth-order valence-corrected chi connectivity index (χ4v) is 4.90. The summed E-state index contributed by atoms with van der Waals surface area (Å²) in [6, 6.07) is 24.3. The van der Waals surface area contributed by atoms with Crippen LogP contribution in [0.25, 0.3) is 0 Å². The molecule has 1 amide bonds. The highest BCUT2D eigenvalue weighted by Gasteiger charge is 2.33. The Morgan fingerprint density at radius 1 is 0.850 bits per heavy atom. The van der Waals surface area contributed by atoms with Crippen molar-refractivity contribution in [2.45, 2.75) is 10.9 Å². The summed E-state index contributed by atoms with van der Waals surface area (Å²) >= 11 is 15.4. The highest BCUT2D eigenvalue weighted by atomic mass is 79.9. The molecule has 1 N–H and O–H groups in total. The molecule has 0 aliphatic heterocycles. The van der Waals surface area contributed by atoms with Gasteiger partial charge < -0.3 is 10.1 Å². The molecule has 0 aromatic heterocycles. The van der Waals surface area contributed by atoms with E-state index in [1.165, 1.54) is 54.6 Å². The van der Waals surface area contributed by atoms with Crippen molar-refractivity contribution in [3.63, 3.8) is 0 Å². The second-order valence-electron chi connectivity index (χ2n) is 8.47. The summed E-state index contributed by atoms with van der Waals surface area (Å²) in [6.07, 6.45) is -1.37. The number of alkyl halides is 1. The highest BCUT2D eigenvalue weighted by molar-refractivity contribution is 9.09. The van der Waals surface area contributed by atoms with Crippen molar-refractivity contribution in [1.82, 2.24) is 0 Å². The van der Waals surface area contributed by atoms with Gasteiger partial charge >= 0.3 is 5.97 Å². The van der Waals surface area contributed by atoms with Crippen molar-refractivity contribution < 1.29 is 24.0 Å². The Labute approximate surface area is 247 Å². The summed E-state index contributed by atoms with van der Waals surface area (Å²) < 4.78 is 5.69. The second kappa shape index (κ2) is 12.9. The molecule has 4 rings (SSSR count). The van der Waals surface area contributed by atoms with E-state index in [-0.39, 0.29) is 33.1 Å². The number of esters is 1. The van der Waals surface area contributed by atoms with Crippen LogP contribution in [0, 0.1) is 10.1 Å². The lowest BCUT2D eigenvalue weighted by Crippen LogP contribution is -2.31. The summed E-state index contributed by atoms with van der Waals surface area (Å²) in [5, 5.41) is 14.5. The lowest BCUT2D eigenvalue weighted by molar-refractivity contribution is -0.384. The summed E-state index contributed by atoms with van der Waals surface area (Å²) in [6.45, 7) is 0. The van der Waals surface area contributed by atoms with Crippen LogP contribution in [-0.4, -0.2) is 28.7 Å². The number of carbonyl (C=O) groups is 3. The maximum Gasteiger partial charge on any atom is 0.338 e. The van der Waals surface area contributed by atoms with Crippen LogP contribution in [-0.2, 0) is 4.74 Å². The molecule has 4 aromatic rings. The number of carbonyl (C=O) groups excluding carboxylic acids is 3. The largest absolute Gasteiger partial charge is 0.449 e. The summed E-state index contributed by atoms with van der Waals surface area (Å²) in [5.74, 6) is -1.87. The number of nitro groups is 1. The van der Waals surface area contributed by atoms with Crippen LogP contribution in [0.15, 0.2) is 97.1 Å². The first-order valence-corrected chi connectivity index (χ1v) is 13.4. The van der Waals surface area contributed by atoms with E-state index in [9.17, 15) is 24.5 Å². The van der Waals surface area contributed by atoms with Gasteiger partial charge in [0.05, 0.1) is 25.9 Å². The Kier molecular flexibility index (Phi) is 9.31. The number of ketones is 1. The summed E-state index contributed by atoms with van der Waals surface area (Å²) in [4.78, 5) is 49.3. The first-order valence-electron chi connectivity index (χ1n) is 11.7. The maximum atomic E-state index is 13.5. The predicted octanol–water partition coefficient (Wildman–Crippen LogP) is 7.70. The normalized spacial score (nSPS) is 12.2. The molecular formula is C29H19BrCl2N2O6. The number of halogens is 3. The number of non-ortho nitro benzene ring substituents is 1. The van der Waals surface area contributed by atoms with Gasteiger partial charge in [-0.2, -0.15) is 0 Å². The van der Waals surface area contributed by atoms with E-state index < -0.39 is 33.5 Å². The lowest BCUT2D eigenvalue weighted by Gasteiger charge is -2.22. The maximum absolute atomic E-state index is 13.5. The smallest absolute Gasteiger partial charge is 0.338 e. The Bertz CT molecular complexity index is 1600. The molecule has 11 heteroatoms. The van der Waals surface area contributed by atoms with Gasteiger partial charge in [0.1, 0.15) is 0 Å². The van der Waals surface area contributed by atoms with E-state index >= 15 is 0 Å². The molecule has 0 radical (unpaired) electrons. The average molecular weight is 642 g/mol. The van der Waals surface area contributed by atoms with E-state index in [2.05, 4.69) is 21.2 Å². The van der Waals surface area contributed by atoms with E-state index in [4.69, 9.17) is 27.9 Å². The van der Waals surface area contributed by atoms with Gasteiger partial charge in [0.15, 0.2) is 6.10 Å². The first-order chi connectivity index (χ1) is 19.1. The minimum Gasteiger partial charge on any atom is -0.449 e.